The summed E-state index contributed by atoms with van der Waals surface area (Å²) < 4.78 is 8.06. The first-order chi connectivity index (χ1) is 20.6. The van der Waals surface area contributed by atoms with Crippen LogP contribution >= 0.6 is 11.3 Å². The molecule has 4 aromatic rings. The molecule has 0 saturated carbocycles. The van der Waals surface area contributed by atoms with E-state index in [2.05, 4.69) is 37.0 Å². The standard InChI is InChI=1S/C31H43N9O2S/c1-7-9-13-20-25(37-42-26(20)24-21(15-32)27(33)43-23(24)11-8-2)28-35-29(39(6)18-31(3,4)41)22-16-34-40(30(22)36-28)17-19-12-10-14-38(19)5/h16,19,41H,7-14,17-18,33H2,1-6H3. The van der Waals surface area contributed by atoms with Crippen molar-refractivity contribution in [3.63, 3.8) is 0 Å². The highest BCUT2D eigenvalue weighted by atomic mass is 32.1. The Hall–Kier alpha value is -3.53. The number of likely N-dealkylation sites (tertiary alicyclic amines) is 1. The van der Waals surface area contributed by atoms with Crippen molar-refractivity contribution in [2.24, 2.45) is 0 Å². The average molecular weight is 606 g/mol. The number of aromatic nitrogens is 5. The fraction of sp³-hybridized carbons (Fsp3) is 0.581. The lowest BCUT2D eigenvalue weighted by atomic mass is 9.98. The third-order valence-electron chi connectivity index (χ3n) is 8.12. The molecule has 0 aliphatic carbocycles. The number of aryl methyl sites for hydroxylation is 1. The fourth-order valence-corrected chi connectivity index (χ4v) is 7.17. The van der Waals surface area contributed by atoms with Crippen LogP contribution in [0.4, 0.5) is 10.8 Å². The van der Waals surface area contributed by atoms with Crippen LogP contribution in [0.2, 0.25) is 0 Å². The number of nitrogens with zero attached hydrogens (tertiary/aromatic N) is 8. The van der Waals surface area contributed by atoms with E-state index < -0.39 is 5.60 Å². The average Bonchev–Trinajstić information content (AvgIpc) is 3.72. The molecule has 0 spiro atoms. The summed E-state index contributed by atoms with van der Waals surface area (Å²) in [6, 6.07) is 2.68. The maximum absolute atomic E-state index is 10.6. The number of anilines is 2. The second-order valence-corrected chi connectivity index (χ2v) is 13.5. The van der Waals surface area contributed by atoms with Crippen LogP contribution in [0.15, 0.2) is 10.7 Å². The highest BCUT2D eigenvalue weighted by Crippen LogP contribution is 2.43. The molecule has 0 radical (unpaired) electrons. The second kappa shape index (κ2) is 12.6. The Morgan fingerprint density at radius 1 is 1.26 bits per heavy atom. The minimum atomic E-state index is -0.940. The lowest BCUT2D eigenvalue weighted by Crippen LogP contribution is -2.36. The zero-order valence-electron chi connectivity index (χ0n) is 26.1. The molecule has 0 aromatic carbocycles. The maximum atomic E-state index is 10.6. The predicted octanol–water partition coefficient (Wildman–Crippen LogP) is 5.26. The van der Waals surface area contributed by atoms with Gasteiger partial charge >= 0.3 is 0 Å². The van der Waals surface area contributed by atoms with Crippen molar-refractivity contribution in [3.8, 4) is 28.9 Å². The molecular formula is C31H43N9O2S. The SMILES string of the molecule is CCCCc1c(-c2nc(N(C)CC(C)(C)O)c3cnn(CC4CCCN4C)c3n2)noc1-c1c(CCC)sc(N)c1C#N. The van der Waals surface area contributed by atoms with Gasteiger partial charge in [0.2, 0.25) is 0 Å². The summed E-state index contributed by atoms with van der Waals surface area (Å²) in [5.74, 6) is 1.68. The molecule has 12 heteroatoms. The van der Waals surface area contributed by atoms with Crippen LogP contribution in [-0.4, -0.2) is 73.7 Å². The van der Waals surface area contributed by atoms with E-state index in [0.717, 1.165) is 72.2 Å². The molecule has 1 saturated heterocycles. The molecule has 1 aliphatic rings. The molecule has 1 atom stereocenters. The van der Waals surface area contributed by atoms with E-state index in [1.165, 1.54) is 17.8 Å². The van der Waals surface area contributed by atoms with Gasteiger partial charge in [0, 0.05) is 30.1 Å². The van der Waals surface area contributed by atoms with Crippen LogP contribution in [0.5, 0.6) is 0 Å². The molecule has 3 N–H and O–H groups in total. The Morgan fingerprint density at radius 2 is 2.05 bits per heavy atom. The van der Waals surface area contributed by atoms with Gasteiger partial charge in [-0.1, -0.05) is 31.8 Å². The molecule has 4 aromatic heterocycles. The first-order valence-electron chi connectivity index (χ1n) is 15.2. The van der Waals surface area contributed by atoms with Gasteiger partial charge < -0.3 is 25.2 Å². The number of rotatable bonds is 12. The van der Waals surface area contributed by atoms with Crippen LogP contribution in [0, 0.1) is 11.3 Å². The van der Waals surface area contributed by atoms with E-state index in [0.29, 0.717) is 52.7 Å². The molecule has 230 valence electrons. The van der Waals surface area contributed by atoms with E-state index >= 15 is 0 Å². The Balaban J connectivity index is 1.70. The van der Waals surface area contributed by atoms with Gasteiger partial charge in [-0.15, -0.1) is 11.3 Å². The van der Waals surface area contributed by atoms with Gasteiger partial charge in [0.1, 0.15) is 16.9 Å². The van der Waals surface area contributed by atoms with Gasteiger partial charge in [0.05, 0.1) is 34.9 Å². The molecule has 0 amide bonds. The molecule has 1 unspecified atom stereocenters. The number of nitrogens with two attached hydrogens (primary N) is 1. The largest absolute Gasteiger partial charge is 0.389 e. The van der Waals surface area contributed by atoms with E-state index in [-0.39, 0.29) is 0 Å². The van der Waals surface area contributed by atoms with Crippen molar-refractivity contribution < 1.29 is 9.63 Å². The monoisotopic (exact) mass is 605 g/mol. The first kappa shape index (κ1) is 30.9. The molecule has 0 bridgehead atoms. The Kier molecular flexibility index (Phi) is 9.06. The summed E-state index contributed by atoms with van der Waals surface area (Å²) in [7, 11) is 4.07. The van der Waals surface area contributed by atoms with E-state index in [1.54, 1.807) is 13.8 Å². The molecule has 1 aliphatic heterocycles. The zero-order chi connectivity index (χ0) is 30.9. The number of hydrogen-bond donors (Lipinski definition) is 2. The number of hydrogen-bond acceptors (Lipinski definition) is 11. The van der Waals surface area contributed by atoms with Crippen molar-refractivity contribution in [3.05, 3.63) is 22.2 Å². The predicted molar refractivity (Wildman–Crippen MR) is 171 cm³/mol. The summed E-state index contributed by atoms with van der Waals surface area (Å²) in [6.07, 6.45) is 8.38. The number of fused-ring (bicyclic) bond motifs is 1. The van der Waals surface area contributed by atoms with Crippen molar-refractivity contribution in [2.45, 2.75) is 90.8 Å². The van der Waals surface area contributed by atoms with Crippen molar-refractivity contribution in [1.82, 2.24) is 29.8 Å². The topological polar surface area (TPSA) is 146 Å². The summed E-state index contributed by atoms with van der Waals surface area (Å²) in [5.41, 5.74) is 8.71. The van der Waals surface area contributed by atoms with E-state index in [9.17, 15) is 10.4 Å². The fourth-order valence-electron chi connectivity index (χ4n) is 6.05. The lowest BCUT2D eigenvalue weighted by Gasteiger charge is -2.27. The summed E-state index contributed by atoms with van der Waals surface area (Å²) in [4.78, 5) is 15.4. The Morgan fingerprint density at radius 3 is 2.70 bits per heavy atom. The van der Waals surface area contributed by atoms with E-state index in [4.69, 9.17) is 25.3 Å². The number of nitrogen functional groups attached to an aromatic ring is 1. The molecule has 43 heavy (non-hydrogen) atoms. The summed E-state index contributed by atoms with van der Waals surface area (Å²) >= 11 is 1.44. The minimum Gasteiger partial charge on any atom is -0.389 e. The first-order valence-corrected chi connectivity index (χ1v) is 16.1. The van der Waals surface area contributed by atoms with Crippen molar-refractivity contribution in [1.29, 1.82) is 5.26 Å². The molecule has 11 nitrogen and oxygen atoms in total. The van der Waals surface area contributed by atoms with Crippen LogP contribution in [0.3, 0.4) is 0 Å². The van der Waals surface area contributed by atoms with Gasteiger partial charge in [0.15, 0.2) is 22.9 Å². The molecule has 5 heterocycles. The highest BCUT2D eigenvalue weighted by molar-refractivity contribution is 7.16. The number of likely N-dealkylation sites (N-methyl/N-ethyl adjacent to an activating group) is 2. The van der Waals surface area contributed by atoms with E-state index in [1.807, 2.05) is 22.8 Å². The number of nitriles is 1. The number of aliphatic hydroxyl groups is 1. The normalized spacial score (nSPS) is 15.9. The van der Waals surface area contributed by atoms with Crippen molar-refractivity contribution in [2.75, 3.05) is 37.8 Å². The number of thiophene rings is 1. The highest BCUT2D eigenvalue weighted by Gasteiger charge is 2.30. The number of unbranched alkanes of at least 4 members (excludes halogenated alkanes) is 1. The third-order valence-corrected chi connectivity index (χ3v) is 9.20. The molecule has 1 fully saturated rings. The lowest BCUT2D eigenvalue weighted by molar-refractivity contribution is 0.0885. The molecule has 5 rings (SSSR count). The Labute approximate surface area is 257 Å². The zero-order valence-corrected chi connectivity index (χ0v) is 27.0. The van der Waals surface area contributed by atoms with Crippen molar-refractivity contribution >= 4 is 33.2 Å². The van der Waals surface area contributed by atoms with Gasteiger partial charge in [-0.2, -0.15) is 10.4 Å². The third kappa shape index (κ3) is 6.25. The second-order valence-electron chi connectivity index (χ2n) is 12.3. The summed E-state index contributed by atoms with van der Waals surface area (Å²) in [5, 5.41) is 31.3. The molecular weight excluding hydrogens is 562 g/mol. The van der Waals surface area contributed by atoms with Gasteiger partial charge in [-0.05, 0) is 59.5 Å². The maximum Gasteiger partial charge on any atom is 0.186 e. The summed E-state index contributed by atoms with van der Waals surface area (Å²) in [6.45, 7) is 9.97. The van der Waals surface area contributed by atoms with Gasteiger partial charge in [0.25, 0.3) is 0 Å². The smallest absolute Gasteiger partial charge is 0.186 e. The Bertz CT molecular complexity index is 1620. The van der Waals surface area contributed by atoms with Crippen LogP contribution in [0.1, 0.15) is 75.8 Å². The quantitative estimate of drug-likeness (QED) is 0.219. The van der Waals surface area contributed by atoms with Crippen LogP contribution < -0.4 is 10.6 Å². The van der Waals surface area contributed by atoms with Gasteiger partial charge in [-0.25, -0.2) is 14.6 Å². The van der Waals surface area contributed by atoms with Crippen LogP contribution in [-0.2, 0) is 19.4 Å². The van der Waals surface area contributed by atoms with Gasteiger partial charge in [-0.3, -0.25) is 0 Å². The minimum absolute atomic E-state index is 0.363. The van der Waals surface area contributed by atoms with Crippen LogP contribution in [0.25, 0.3) is 33.9 Å².